The lowest BCUT2D eigenvalue weighted by molar-refractivity contribution is -0.137. The SMILES string of the molecule is CCCCc1ccc(-c2cc(-c3ccc(CCCC)cc3)cc(-n3nc(CCC)nc3-c3ccc(C(F)(F)F)cc3C3(C)CC3C)c2)cc1. The fourth-order valence-corrected chi connectivity index (χ4v) is 6.94. The molecule has 0 radical (unpaired) electrons. The Morgan fingerprint density at radius 1 is 0.714 bits per heavy atom. The molecular weight excluding hydrogens is 615 g/mol. The van der Waals surface area contributed by atoms with Crippen molar-refractivity contribution >= 4 is 0 Å². The highest BCUT2D eigenvalue weighted by Crippen LogP contribution is 2.56. The quantitative estimate of drug-likeness (QED) is 0.125. The van der Waals surface area contributed by atoms with Crippen molar-refractivity contribution in [3.63, 3.8) is 0 Å². The Morgan fingerprint density at radius 2 is 1.27 bits per heavy atom. The average molecular weight is 664 g/mol. The smallest absolute Gasteiger partial charge is 0.213 e. The Hall–Kier alpha value is -4.19. The number of hydrogen-bond acceptors (Lipinski definition) is 2. The molecule has 1 aliphatic carbocycles. The third-order valence-corrected chi connectivity index (χ3v) is 10.4. The van der Waals surface area contributed by atoms with Crippen molar-refractivity contribution in [3.05, 3.63) is 113 Å². The van der Waals surface area contributed by atoms with E-state index in [1.165, 1.54) is 23.3 Å². The molecule has 0 saturated heterocycles. The third kappa shape index (κ3) is 7.54. The van der Waals surface area contributed by atoms with E-state index in [0.717, 1.165) is 79.3 Å². The van der Waals surface area contributed by atoms with Crippen molar-refractivity contribution in [2.24, 2.45) is 5.92 Å². The molecule has 1 aromatic heterocycles. The van der Waals surface area contributed by atoms with Gasteiger partial charge in [0.1, 0.15) is 0 Å². The second kappa shape index (κ2) is 14.3. The first-order valence-electron chi connectivity index (χ1n) is 18.1. The highest BCUT2D eigenvalue weighted by molar-refractivity contribution is 5.77. The Kier molecular flexibility index (Phi) is 10.1. The third-order valence-electron chi connectivity index (χ3n) is 10.4. The minimum Gasteiger partial charge on any atom is -0.213 e. The molecule has 0 N–H and O–H groups in total. The molecule has 2 unspecified atom stereocenters. The van der Waals surface area contributed by atoms with E-state index in [1.807, 2.05) is 4.68 Å². The number of hydrogen-bond donors (Lipinski definition) is 0. The van der Waals surface area contributed by atoms with Gasteiger partial charge in [-0.15, -0.1) is 0 Å². The van der Waals surface area contributed by atoms with Crippen molar-refractivity contribution in [1.82, 2.24) is 14.8 Å². The fourth-order valence-electron chi connectivity index (χ4n) is 6.94. The second-order valence-corrected chi connectivity index (χ2v) is 14.2. The molecule has 1 fully saturated rings. The Balaban J connectivity index is 1.53. The maximum absolute atomic E-state index is 14.0. The van der Waals surface area contributed by atoms with E-state index in [1.54, 1.807) is 6.07 Å². The van der Waals surface area contributed by atoms with Crippen molar-refractivity contribution in [2.75, 3.05) is 0 Å². The monoisotopic (exact) mass is 663 g/mol. The maximum Gasteiger partial charge on any atom is 0.416 e. The van der Waals surface area contributed by atoms with E-state index in [-0.39, 0.29) is 11.3 Å². The van der Waals surface area contributed by atoms with Crippen LogP contribution in [0.4, 0.5) is 13.2 Å². The van der Waals surface area contributed by atoms with Gasteiger partial charge in [-0.25, -0.2) is 9.67 Å². The number of unbranched alkanes of at least 4 members (excludes halogenated alkanes) is 2. The first-order chi connectivity index (χ1) is 23.5. The van der Waals surface area contributed by atoms with Gasteiger partial charge >= 0.3 is 6.18 Å². The number of alkyl halides is 3. The van der Waals surface area contributed by atoms with E-state index in [2.05, 4.69) is 101 Å². The van der Waals surface area contributed by atoms with Crippen LogP contribution in [0.3, 0.4) is 0 Å². The van der Waals surface area contributed by atoms with Crippen molar-refractivity contribution in [3.8, 4) is 39.3 Å². The summed E-state index contributed by atoms with van der Waals surface area (Å²) in [5, 5.41) is 5.03. The van der Waals surface area contributed by atoms with Gasteiger partial charge in [0, 0.05) is 12.0 Å². The lowest BCUT2D eigenvalue weighted by Gasteiger charge is -2.19. The normalized spacial score (nSPS) is 17.4. The van der Waals surface area contributed by atoms with E-state index in [4.69, 9.17) is 10.1 Å². The van der Waals surface area contributed by atoms with Gasteiger partial charge in [-0.2, -0.15) is 18.3 Å². The number of rotatable bonds is 13. The molecule has 0 amide bonds. The van der Waals surface area contributed by atoms with Crippen molar-refractivity contribution < 1.29 is 13.2 Å². The molecule has 3 nitrogen and oxygen atoms in total. The minimum atomic E-state index is -4.43. The molecular formula is C43H48F3N3. The van der Waals surface area contributed by atoms with Crippen LogP contribution in [-0.2, 0) is 30.9 Å². The number of nitrogens with zero attached hydrogens (tertiary/aromatic N) is 3. The van der Waals surface area contributed by atoms with Gasteiger partial charge in [-0.05, 0) is 119 Å². The lowest BCUT2D eigenvalue weighted by atomic mass is 9.89. The average Bonchev–Trinajstić information content (AvgIpc) is 3.51. The van der Waals surface area contributed by atoms with Crippen LogP contribution in [-0.4, -0.2) is 14.8 Å². The summed E-state index contributed by atoms with van der Waals surface area (Å²) in [4.78, 5) is 5.02. The Bertz CT molecular complexity index is 1820. The van der Waals surface area contributed by atoms with Gasteiger partial charge in [0.25, 0.3) is 0 Å². The largest absolute Gasteiger partial charge is 0.416 e. The summed E-state index contributed by atoms with van der Waals surface area (Å²) in [5.74, 6) is 1.54. The Morgan fingerprint density at radius 3 is 1.73 bits per heavy atom. The number of halogens is 3. The maximum atomic E-state index is 14.0. The summed E-state index contributed by atoms with van der Waals surface area (Å²) in [6.07, 6.45) is 4.69. The van der Waals surface area contributed by atoms with Crippen LogP contribution in [0, 0.1) is 5.92 Å². The molecule has 0 spiro atoms. The highest BCUT2D eigenvalue weighted by Gasteiger charge is 2.50. The van der Waals surface area contributed by atoms with Crippen LogP contribution < -0.4 is 0 Å². The van der Waals surface area contributed by atoms with Crippen LogP contribution in [0.5, 0.6) is 0 Å². The predicted molar refractivity (Wildman–Crippen MR) is 195 cm³/mol. The zero-order valence-electron chi connectivity index (χ0n) is 29.5. The molecule has 1 heterocycles. The first kappa shape index (κ1) is 34.7. The van der Waals surface area contributed by atoms with E-state index < -0.39 is 11.7 Å². The molecule has 6 rings (SSSR count). The lowest BCUT2D eigenvalue weighted by Crippen LogP contribution is -2.12. The fraction of sp³-hybridized carbons (Fsp3) is 0.395. The van der Waals surface area contributed by atoms with Gasteiger partial charge in [-0.1, -0.05) is 102 Å². The summed E-state index contributed by atoms with van der Waals surface area (Å²) < 4.78 is 43.9. The van der Waals surface area contributed by atoms with Crippen LogP contribution in [0.2, 0.25) is 0 Å². The van der Waals surface area contributed by atoms with Gasteiger partial charge < -0.3 is 0 Å². The minimum absolute atomic E-state index is 0.275. The molecule has 4 aromatic carbocycles. The van der Waals surface area contributed by atoms with Crippen LogP contribution in [0.1, 0.15) is 101 Å². The zero-order chi connectivity index (χ0) is 34.8. The van der Waals surface area contributed by atoms with Gasteiger partial charge in [0.05, 0.1) is 11.3 Å². The first-order valence-corrected chi connectivity index (χ1v) is 18.1. The van der Waals surface area contributed by atoms with Crippen LogP contribution >= 0.6 is 0 Å². The molecule has 49 heavy (non-hydrogen) atoms. The van der Waals surface area contributed by atoms with Gasteiger partial charge in [-0.3, -0.25) is 0 Å². The molecule has 1 saturated carbocycles. The standard InChI is InChI=1S/C43H48F3N3/c1-6-9-12-30-14-18-32(19-15-30)34-24-35(33-20-16-31(17-21-33)13-10-7-2)26-37(25-34)49-41(47-40(48-49)11-8-3)38-23-22-36(43(44,45)46)27-39(38)42(5)28-29(42)4/h14-27,29H,6-13,28H2,1-5H3. The van der Waals surface area contributed by atoms with Gasteiger partial charge in [0.2, 0.25) is 0 Å². The molecule has 256 valence electrons. The van der Waals surface area contributed by atoms with E-state index >= 15 is 0 Å². The summed E-state index contributed by atoms with van der Waals surface area (Å²) in [6.45, 7) is 10.7. The van der Waals surface area contributed by atoms with E-state index in [9.17, 15) is 13.2 Å². The van der Waals surface area contributed by atoms with Crippen LogP contribution in [0.15, 0.2) is 84.9 Å². The van der Waals surface area contributed by atoms with E-state index in [0.29, 0.717) is 29.2 Å². The number of aromatic nitrogens is 3. The highest BCUT2D eigenvalue weighted by atomic mass is 19.4. The molecule has 5 aromatic rings. The molecule has 0 bridgehead atoms. The molecule has 6 heteroatoms. The second-order valence-electron chi connectivity index (χ2n) is 14.2. The summed E-state index contributed by atoms with van der Waals surface area (Å²) in [6, 6.07) is 28.3. The van der Waals surface area contributed by atoms with Crippen molar-refractivity contribution in [2.45, 2.75) is 104 Å². The molecule has 2 atom stereocenters. The van der Waals surface area contributed by atoms with Gasteiger partial charge in [0.15, 0.2) is 11.6 Å². The summed E-state index contributed by atoms with van der Waals surface area (Å²) >= 11 is 0. The summed E-state index contributed by atoms with van der Waals surface area (Å²) in [7, 11) is 0. The topological polar surface area (TPSA) is 30.7 Å². The zero-order valence-corrected chi connectivity index (χ0v) is 29.5. The molecule has 1 aliphatic rings. The predicted octanol–water partition coefficient (Wildman–Crippen LogP) is 12.2. The number of benzene rings is 4. The molecule has 0 aliphatic heterocycles. The van der Waals surface area contributed by atoms with Crippen LogP contribution in [0.25, 0.3) is 39.3 Å². The van der Waals surface area contributed by atoms with Crippen molar-refractivity contribution in [1.29, 1.82) is 0 Å². The summed E-state index contributed by atoms with van der Waals surface area (Å²) in [5.41, 5.74) is 8.22. The number of aryl methyl sites for hydroxylation is 3. The Labute approximate surface area is 289 Å².